The van der Waals surface area contributed by atoms with E-state index in [9.17, 15) is 14.0 Å². The van der Waals surface area contributed by atoms with Crippen LogP contribution in [0.25, 0.3) is 6.08 Å². The van der Waals surface area contributed by atoms with Crippen molar-refractivity contribution in [3.63, 3.8) is 0 Å². The van der Waals surface area contributed by atoms with Crippen LogP contribution >= 0.6 is 0 Å². The van der Waals surface area contributed by atoms with Gasteiger partial charge in [-0.2, -0.15) is 0 Å². The Morgan fingerprint density at radius 2 is 1.88 bits per heavy atom. The predicted molar refractivity (Wildman–Crippen MR) is 130 cm³/mol. The van der Waals surface area contributed by atoms with Crippen LogP contribution in [0.2, 0.25) is 0 Å². The van der Waals surface area contributed by atoms with E-state index < -0.39 is 0 Å². The van der Waals surface area contributed by atoms with Gasteiger partial charge in [0.1, 0.15) is 11.9 Å². The first-order valence-corrected chi connectivity index (χ1v) is 12.2. The Bertz CT molecular complexity index is 1050. The van der Waals surface area contributed by atoms with Gasteiger partial charge >= 0.3 is 0 Å². The Labute approximate surface area is 201 Å². The van der Waals surface area contributed by atoms with Crippen LogP contribution in [-0.4, -0.2) is 35.4 Å². The van der Waals surface area contributed by atoms with Gasteiger partial charge in [-0.05, 0) is 61.4 Å². The van der Waals surface area contributed by atoms with Crippen molar-refractivity contribution in [2.24, 2.45) is 5.92 Å². The highest BCUT2D eigenvalue weighted by molar-refractivity contribution is 5.97. The maximum atomic E-state index is 14.3. The molecule has 5 nitrogen and oxygen atoms in total. The highest BCUT2D eigenvalue weighted by Gasteiger charge is 2.41. The van der Waals surface area contributed by atoms with E-state index in [1.807, 2.05) is 12.1 Å². The molecule has 1 aliphatic carbocycles. The lowest BCUT2D eigenvalue weighted by Crippen LogP contribution is -2.54. The number of nitrogens with one attached hydrogen (secondary N) is 1. The van der Waals surface area contributed by atoms with E-state index in [2.05, 4.69) is 19.2 Å². The molecule has 2 unspecified atom stereocenters. The Balaban J connectivity index is 1.51. The number of rotatable bonds is 7. The summed E-state index contributed by atoms with van der Waals surface area (Å²) in [5.41, 5.74) is 1.87. The molecule has 1 heterocycles. The Hall–Kier alpha value is -3.15. The number of amides is 2. The summed E-state index contributed by atoms with van der Waals surface area (Å²) >= 11 is 0. The number of nitrogens with zero attached hydrogens (tertiary/aromatic N) is 1. The molecule has 2 aliphatic rings. The third kappa shape index (κ3) is 5.66. The number of hydrogen-bond acceptors (Lipinski definition) is 3. The van der Waals surface area contributed by atoms with Gasteiger partial charge in [0, 0.05) is 24.2 Å². The van der Waals surface area contributed by atoms with Crippen LogP contribution in [0.3, 0.4) is 0 Å². The van der Waals surface area contributed by atoms with Gasteiger partial charge in [0.15, 0.2) is 5.76 Å². The maximum Gasteiger partial charge on any atom is 0.289 e. The smallest absolute Gasteiger partial charge is 0.289 e. The lowest BCUT2D eigenvalue weighted by molar-refractivity contribution is -0.149. The first-order valence-electron chi connectivity index (χ1n) is 12.2. The summed E-state index contributed by atoms with van der Waals surface area (Å²) in [6, 6.07) is 13.7. The first-order chi connectivity index (χ1) is 16.4. The molecule has 0 radical (unpaired) electrons. The largest absolute Gasteiger partial charge is 0.482 e. The molecule has 0 spiro atoms. The second-order valence-electron chi connectivity index (χ2n) is 9.60. The molecular formula is C28H33FN2O3. The van der Waals surface area contributed by atoms with Crippen molar-refractivity contribution in [3.05, 3.63) is 76.8 Å². The number of ether oxygens (including phenoxy) is 1. The fourth-order valence-corrected chi connectivity index (χ4v) is 4.63. The quantitative estimate of drug-likeness (QED) is 0.565. The van der Waals surface area contributed by atoms with Crippen molar-refractivity contribution < 1.29 is 18.7 Å². The normalized spacial score (nSPS) is 21.4. The lowest BCUT2D eigenvalue weighted by Gasteiger charge is -2.44. The average Bonchev–Trinajstić information content (AvgIpc) is 2.83. The van der Waals surface area contributed by atoms with E-state index in [0.717, 1.165) is 37.7 Å². The molecule has 2 atom stereocenters. The Kier molecular flexibility index (Phi) is 7.66. The predicted octanol–water partition coefficient (Wildman–Crippen LogP) is 5.31. The van der Waals surface area contributed by atoms with Crippen molar-refractivity contribution in [2.45, 2.75) is 64.6 Å². The molecule has 0 bridgehead atoms. The van der Waals surface area contributed by atoms with Gasteiger partial charge in [0.2, 0.25) is 0 Å². The minimum Gasteiger partial charge on any atom is -0.482 e. The van der Waals surface area contributed by atoms with Gasteiger partial charge in [-0.15, -0.1) is 0 Å². The number of halogens is 1. The maximum absolute atomic E-state index is 14.3. The minimum atomic E-state index is -0.304. The van der Waals surface area contributed by atoms with Gasteiger partial charge < -0.3 is 15.0 Å². The van der Waals surface area contributed by atoms with Crippen molar-refractivity contribution in [1.29, 1.82) is 0 Å². The monoisotopic (exact) mass is 464 g/mol. The molecule has 1 saturated carbocycles. The van der Waals surface area contributed by atoms with Crippen LogP contribution in [0.1, 0.15) is 67.4 Å². The van der Waals surface area contributed by atoms with Crippen LogP contribution in [0.4, 0.5) is 4.39 Å². The van der Waals surface area contributed by atoms with E-state index >= 15 is 0 Å². The zero-order valence-corrected chi connectivity index (χ0v) is 19.9. The molecule has 6 heteroatoms. The van der Waals surface area contributed by atoms with Crippen molar-refractivity contribution >= 4 is 17.9 Å². The number of carbonyl (C=O) groups excluding carboxylic acids is 2. The van der Waals surface area contributed by atoms with E-state index in [0.29, 0.717) is 23.6 Å². The number of morpholine rings is 1. The zero-order valence-electron chi connectivity index (χ0n) is 19.9. The summed E-state index contributed by atoms with van der Waals surface area (Å²) in [6.45, 7) is 5.11. The summed E-state index contributed by atoms with van der Waals surface area (Å²) < 4.78 is 20.5. The summed E-state index contributed by atoms with van der Waals surface area (Å²) in [5, 5.41) is 2.93. The average molecular weight is 465 g/mol. The summed E-state index contributed by atoms with van der Waals surface area (Å²) in [7, 11) is 0. The summed E-state index contributed by atoms with van der Waals surface area (Å²) in [5.74, 6) is 0.174. The highest BCUT2D eigenvalue weighted by Crippen LogP contribution is 2.34. The van der Waals surface area contributed by atoms with Gasteiger partial charge in [-0.25, -0.2) is 4.39 Å². The van der Waals surface area contributed by atoms with E-state index in [1.54, 1.807) is 41.3 Å². The molecule has 2 fully saturated rings. The van der Waals surface area contributed by atoms with Crippen LogP contribution in [0.5, 0.6) is 0 Å². The third-order valence-corrected chi connectivity index (χ3v) is 6.59. The minimum absolute atomic E-state index is 0.0464. The molecule has 34 heavy (non-hydrogen) atoms. The van der Waals surface area contributed by atoms with Gasteiger partial charge in [0.05, 0.1) is 6.04 Å². The van der Waals surface area contributed by atoms with E-state index in [-0.39, 0.29) is 42.1 Å². The van der Waals surface area contributed by atoms with Gasteiger partial charge in [0.25, 0.3) is 11.8 Å². The molecule has 2 aromatic rings. The van der Waals surface area contributed by atoms with Crippen molar-refractivity contribution in [2.75, 3.05) is 6.54 Å². The number of benzene rings is 2. The SMILES string of the molecule is CC(C)CCNC(=O)c1ccc(/C=C2/OC3CCCCC3N(Cc3ccccc3F)C2=O)cc1. The summed E-state index contributed by atoms with van der Waals surface area (Å²) in [6.07, 6.45) is 6.39. The molecule has 4 rings (SSSR count). The highest BCUT2D eigenvalue weighted by atomic mass is 19.1. The second-order valence-corrected chi connectivity index (χ2v) is 9.60. The van der Waals surface area contributed by atoms with Crippen molar-refractivity contribution in [1.82, 2.24) is 10.2 Å². The fourth-order valence-electron chi connectivity index (χ4n) is 4.63. The van der Waals surface area contributed by atoms with E-state index in [4.69, 9.17) is 4.74 Å². The molecular weight excluding hydrogens is 431 g/mol. The number of hydrogen-bond donors (Lipinski definition) is 1. The Morgan fingerprint density at radius 3 is 2.62 bits per heavy atom. The lowest BCUT2D eigenvalue weighted by atomic mass is 9.89. The Morgan fingerprint density at radius 1 is 1.15 bits per heavy atom. The molecule has 1 aliphatic heterocycles. The summed E-state index contributed by atoms with van der Waals surface area (Å²) in [4.78, 5) is 27.5. The third-order valence-electron chi connectivity index (χ3n) is 6.59. The van der Waals surface area contributed by atoms with E-state index in [1.165, 1.54) is 6.07 Å². The van der Waals surface area contributed by atoms with Crippen LogP contribution in [0, 0.1) is 11.7 Å². The number of fused-ring (bicyclic) bond motifs is 1. The van der Waals surface area contributed by atoms with Gasteiger partial charge in [-0.3, -0.25) is 9.59 Å². The van der Waals surface area contributed by atoms with Crippen LogP contribution in [-0.2, 0) is 16.1 Å². The molecule has 180 valence electrons. The molecule has 1 saturated heterocycles. The van der Waals surface area contributed by atoms with Crippen LogP contribution in [0.15, 0.2) is 54.3 Å². The van der Waals surface area contributed by atoms with Crippen LogP contribution < -0.4 is 5.32 Å². The standard InChI is InChI=1S/C28H33FN2O3/c1-19(2)15-16-30-27(32)21-13-11-20(12-14-21)17-26-28(33)31(18-22-7-3-4-8-23(22)29)24-9-5-6-10-25(24)34-26/h3-4,7-8,11-14,17,19,24-25H,5-6,9-10,15-16,18H2,1-2H3,(H,30,32)/b26-17+. The fraction of sp³-hybridized carbons (Fsp3) is 0.429. The molecule has 2 amide bonds. The molecule has 1 N–H and O–H groups in total. The zero-order chi connectivity index (χ0) is 24.1. The molecule has 2 aromatic carbocycles. The number of carbonyl (C=O) groups is 2. The first kappa shape index (κ1) is 24.0. The van der Waals surface area contributed by atoms with Crippen molar-refractivity contribution in [3.8, 4) is 0 Å². The second kappa shape index (κ2) is 10.9. The topological polar surface area (TPSA) is 58.6 Å². The molecule has 0 aromatic heterocycles. The van der Waals surface area contributed by atoms with Gasteiger partial charge in [-0.1, -0.05) is 50.6 Å².